The van der Waals surface area contributed by atoms with Crippen LogP contribution in [-0.4, -0.2) is 153 Å². The van der Waals surface area contributed by atoms with Crippen LogP contribution in [0.2, 0.25) is 0 Å². The molecule has 29 nitrogen and oxygen atoms in total. The van der Waals surface area contributed by atoms with Gasteiger partial charge in [-0.05, 0) is 54.8 Å². The molecule has 1 aromatic carbocycles. The van der Waals surface area contributed by atoms with Gasteiger partial charge in [0.25, 0.3) is 17.4 Å². The van der Waals surface area contributed by atoms with Crippen molar-refractivity contribution in [1.29, 1.82) is 0 Å². The van der Waals surface area contributed by atoms with E-state index in [0.29, 0.717) is 36.2 Å². The zero-order valence-electron chi connectivity index (χ0n) is 44.0. The molecule has 3 amide bonds. The van der Waals surface area contributed by atoms with Gasteiger partial charge in [-0.3, -0.25) is 60.9 Å². The van der Waals surface area contributed by atoms with Crippen LogP contribution >= 0.6 is 26.0 Å². The number of anilines is 2. The number of unbranched alkanes of at least 4 members (excludes halogenated alkanes) is 2. The third kappa shape index (κ3) is 12.3. The van der Waals surface area contributed by atoms with Crippen LogP contribution in [-0.2, 0) is 75.9 Å². The molecule has 0 saturated carbocycles. The number of rotatable bonds is 16. The van der Waals surface area contributed by atoms with Crippen LogP contribution in [0.25, 0.3) is 22.3 Å². The second-order valence-electron chi connectivity index (χ2n) is 19.9. The number of aromatic amines is 1. The highest BCUT2D eigenvalue weighted by Gasteiger charge is 2.56. The van der Waals surface area contributed by atoms with Gasteiger partial charge < -0.3 is 44.6 Å². The van der Waals surface area contributed by atoms with Crippen molar-refractivity contribution in [2.24, 2.45) is 11.8 Å². The summed E-state index contributed by atoms with van der Waals surface area (Å²) in [5.41, 5.74) is 5.42. The fourth-order valence-corrected chi connectivity index (χ4v) is 14.4. The number of halogens is 2. The molecular weight excluding hydrogens is 1150 g/mol. The number of nitrogens with two attached hydrogens (primary N) is 1. The van der Waals surface area contributed by atoms with Crippen molar-refractivity contribution < 1.29 is 88.6 Å². The molecule has 5 aliphatic rings. The number of imidazole rings is 2. The number of hydrogen-bond acceptors (Lipinski definition) is 24. The topological polar surface area (TPSA) is 371 Å². The van der Waals surface area contributed by atoms with Crippen LogP contribution in [0, 0.1) is 11.8 Å². The molecule has 0 radical (unpaired) electrons. The van der Waals surface area contributed by atoms with Crippen LogP contribution in [0.1, 0.15) is 71.4 Å². The number of Topliss-reactive ketones (excluding diaryl/α,β-unsaturated/α-hetero) is 1. The zero-order chi connectivity index (χ0) is 58.4. The van der Waals surface area contributed by atoms with E-state index in [2.05, 4.69) is 35.2 Å². The first-order chi connectivity index (χ1) is 39.1. The summed E-state index contributed by atoms with van der Waals surface area (Å²) in [6.45, 7) is -0.501. The number of nitrogen functional groups attached to an aromatic ring is 1. The van der Waals surface area contributed by atoms with Crippen molar-refractivity contribution in [3.8, 4) is 5.75 Å². The molecule has 15 atom stereocenters. The van der Waals surface area contributed by atoms with Crippen LogP contribution in [0.4, 0.5) is 20.3 Å². The minimum absolute atomic E-state index is 0.0141. The van der Waals surface area contributed by atoms with E-state index in [1.807, 2.05) is 0 Å². The molecule has 0 aliphatic carbocycles. The number of phosphoric ester groups is 1. The van der Waals surface area contributed by atoms with Gasteiger partial charge in [-0.15, -0.1) is 0 Å². The predicted molar refractivity (Wildman–Crippen MR) is 279 cm³/mol. The van der Waals surface area contributed by atoms with E-state index < -0.39 is 137 Å². The number of phosphoric acid groups is 1. The van der Waals surface area contributed by atoms with Gasteiger partial charge in [0, 0.05) is 43.7 Å². The number of nitrogens with one attached hydrogen (secondary N) is 2. The third-order valence-corrected chi connectivity index (χ3v) is 19.0. The Bertz CT molecular complexity index is 3470. The number of amides is 3. The van der Waals surface area contributed by atoms with Crippen molar-refractivity contribution in [1.82, 2.24) is 43.9 Å². The Balaban J connectivity index is 0.949. The van der Waals surface area contributed by atoms with E-state index in [1.54, 1.807) is 13.8 Å². The summed E-state index contributed by atoms with van der Waals surface area (Å²) >= 11 is 0.509. The number of carbonyl (C=O) groups excluding carboxylic acids is 5. The molecular formula is C48H55F2N11O18P2S. The molecule has 9 heterocycles. The van der Waals surface area contributed by atoms with Gasteiger partial charge in [-0.1, -0.05) is 26.3 Å². The molecule has 0 bridgehead atoms. The number of fused-ring (bicyclic) bond motifs is 4. The number of benzene rings is 1. The number of aromatic nitrogens is 8. The quantitative estimate of drug-likeness (QED) is 0.0463. The van der Waals surface area contributed by atoms with Gasteiger partial charge in [0.05, 0.1) is 37.9 Å². The van der Waals surface area contributed by atoms with Gasteiger partial charge in [-0.2, -0.15) is 0 Å². The lowest BCUT2D eigenvalue weighted by molar-refractivity contribution is -0.241. The average molecular weight is 1210 g/mol. The summed E-state index contributed by atoms with van der Waals surface area (Å²) in [6, 6.07) is 4.39. The molecule has 82 heavy (non-hydrogen) atoms. The Morgan fingerprint density at radius 3 is 2.20 bits per heavy atom. The summed E-state index contributed by atoms with van der Waals surface area (Å²) in [5, 5.41) is 2.82. The number of H-pyrrole nitrogens is 1. The summed E-state index contributed by atoms with van der Waals surface area (Å²) in [7, 11) is -5.33. The molecule has 4 fully saturated rings. The summed E-state index contributed by atoms with van der Waals surface area (Å²) < 4.78 is 118. The monoisotopic (exact) mass is 1210 g/mol. The predicted octanol–water partition coefficient (Wildman–Crippen LogP) is 4.29. The van der Waals surface area contributed by atoms with Crippen LogP contribution in [0.5, 0.6) is 5.75 Å². The lowest BCUT2D eigenvalue weighted by atomic mass is 9.82. The third-order valence-electron chi connectivity index (χ3n) is 14.4. The van der Waals surface area contributed by atoms with Gasteiger partial charge >= 0.3 is 20.6 Å². The zero-order valence-corrected chi connectivity index (χ0v) is 46.6. The average Bonchev–Trinajstić information content (AvgIpc) is 4.46. The lowest BCUT2D eigenvalue weighted by Crippen LogP contribution is -2.55. The maximum absolute atomic E-state index is 17.2. The minimum Gasteiger partial charge on any atom is -0.459 e. The number of imide groups is 1. The van der Waals surface area contributed by atoms with Gasteiger partial charge in [0.2, 0.25) is 12.2 Å². The number of hydrogen-bond donors (Lipinski definition) is 4. The highest BCUT2D eigenvalue weighted by atomic mass is 32.7. The molecule has 440 valence electrons. The smallest absolute Gasteiger partial charge is 0.459 e. The fourth-order valence-electron chi connectivity index (χ4n) is 10.1. The Morgan fingerprint density at radius 2 is 1.51 bits per heavy atom. The number of nitrogens with zero attached hydrogens (tertiary/aromatic N) is 8. The van der Waals surface area contributed by atoms with Crippen molar-refractivity contribution in [2.75, 3.05) is 30.8 Å². The van der Waals surface area contributed by atoms with Gasteiger partial charge in [-0.25, -0.2) is 42.8 Å². The van der Waals surface area contributed by atoms with Crippen molar-refractivity contribution in [2.45, 2.75) is 127 Å². The maximum atomic E-state index is 17.2. The van der Waals surface area contributed by atoms with Crippen LogP contribution < -0.4 is 21.3 Å². The summed E-state index contributed by atoms with van der Waals surface area (Å²) in [6.07, 6.45) is -10.9. The van der Waals surface area contributed by atoms with Crippen molar-refractivity contribution in [3.05, 3.63) is 71.6 Å². The summed E-state index contributed by atoms with van der Waals surface area (Å²) in [5.74, 6) is -3.59. The number of esters is 1. The molecule has 34 heteroatoms. The van der Waals surface area contributed by atoms with Crippen LogP contribution in [0.15, 0.2) is 60.5 Å². The Morgan fingerprint density at radius 1 is 0.854 bits per heavy atom. The molecule has 5 aromatic rings. The number of alkyl halides is 2. The second-order valence-corrected chi connectivity index (χ2v) is 25.3. The first-order valence-electron chi connectivity index (χ1n) is 25.7. The summed E-state index contributed by atoms with van der Waals surface area (Å²) in [4.78, 5) is 110. The molecule has 4 saturated heterocycles. The first kappa shape index (κ1) is 58.7. The highest BCUT2D eigenvalue weighted by Crippen LogP contribution is 2.65. The second kappa shape index (κ2) is 24.0. The maximum Gasteiger partial charge on any atom is 0.472 e. The number of ketones is 1. The standard InChI is InChI=1S/C48H55F2N11O18P2S/c1-22-23(2)39(73-25(4)63)48(77-38(22)24(3)62)76-28-10-9-26(14-27(28)58-31(64)8-6-5-7-13-59-32(65)11-12-33(59)66)17-82-81(70)72-16-30-40(34(49)46(75-30)61-21-57-37-44(61)54-19-55-45(37)67)78-80(68,69)71-15-29-41(79-81)35(50)47(74-29)60-20-56-36-42(51)52-18-53-43(36)60/h9-12,14,18-23,29-30,34-35,38-41,46-48H,5-8,13,15-17H2,1-4H3,(H,58,64)(H,68,69)(H2,51,52,53)(H,54,55,67)/t22-,23-,29+,30+,34+,35+,38?,39?,40+,41+,46+,47+,48+,81?/m0/s1. The Kier molecular flexibility index (Phi) is 17.2. The molecule has 5 aliphatic heterocycles. The Hall–Kier alpha value is -6.44. The highest BCUT2D eigenvalue weighted by molar-refractivity contribution is 8.54. The minimum atomic E-state index is -5.33. The van der Waals surface area contributed by atoms with Gasteiger partial charge in [0.15, 0.2) is 59.3 Å². The normalized spacial score (nSPS) is 32.3. The van der Waals surface area contributed by atoms with E-state index in [9.17, 15) is 38.2 Å². The van der Waals surface area contributed by atoms with Crippen molar-refractivity contribution in [3.63, 3.8) is 0 Å². The molecule has 4 unspecified atom stereocenters. The molecule has 5 N–H and O–H groups in total. The first-order valence-corrected chi connectivity index (χ1v) is 30.3. The van der Waals surface area contributed by atoms with E-state index >= 15 is 13.3 Å². The number of ether oxygens (including phenoxy) is 5. The number of carbonyl (C=O) groups is 5. The van der Waals surface area contributed by atoms with E-state index in [0.717, 1.165) is 39.3 Å². The largest absolute Gasteiger partial charge is 0.472 e. The van der Waals surface area contributed by atoms with E-state index in [4.69, 9.17) is 47.5 Å². The van der Waals surface area contributed by atoms with E-state index in [1.165, 1.54) is 44.2 Å². The van der Waals surface area contributed by atoms with E-state index in [-0.39, 0.29) is 64.1 Å². The lowest BCUT2D eigenvalue weighted by Gasteiger charge is -2.42. The molecule has 4 aromatic heterocycles. The van der Waals surface area contributed by atoms with Crippen LogP contribution in [0.3, 0.4) is 0 Å². The molecule has 0 spiro atoms. The van der Waals surface area contributed by atoms with Gasteiger partial charge in [0.1, 0.15) is 48.1 Å². The fraction of sp³-hybridized carbons (Fsp3) is 0.521. The SMILES string of the molecule is CC(=O)OC1[C@H](Oc2ccc(CSP3(=O)OC[C@H]4O[C@@H](n5cnc6c(=O)[nH]cnc65)[C@H](F)[C@@H]4OP(=O)(O)OC[C@H]4O[C@@H](n5cnc6c(N)ncnc65)[C@H](F)[C@@H]4O3)cc2NC(=O)CCCCCN2C(=O)C=CC2=O)OC(C(C)=O)[C@@H](C)[C@@H]1C. The molecule has 10 rings (SSSR count). The Labute approximate surface area is 467 Å². The van der Waals surface area contributed by atoms with Crippen molar-refractivity contribution >= 4 is 89.3 Å².